The normalized spacial score (nSPS) is 11.6. The SMILES string of the molecule is c1ccc(-c2cccc3cccc(-c4ccccc4N(c4ccc(-c5ccc6oc7ccccc7c6c5)cc4)c4cccc5c6ccccc6n(-c6ccccc6)c45)c23)cc1. The first-order valence-electron chi connectivity index (χ1n) is 20.8. The molecule has 0 N–H and O–H groups in total. The number of hydrogen-bond acceptors (Lipinski definition) is 2. The fourth-order valence-electron chi connectivity index (χ4n) is 9.46. The second-order valence-corrected chi connectivity index (χ2v) is 15.6. The lowest BCUT2D eigenvalue weighted by molar-refractivity contribution is 0.669. The monoisotopic (exact) mass is 778 g/mol. The summed E-state index contributed by atoms with van der Waals surface area (Å²) in [5.41, 5.74) is 15.5. The molecule has 2 aromatic heterocycles. The topological polar surface area (TPSA) is 21.3 Å². The maximum absolute atomic E-state index is 6.19. The molecule has 0 aliphatic rings. The van der Waals surface area contributed by atoms with Crippen LogP contribution in [0.3, 0.4) is 0 Å². The molecule has 0 radical (unpaired) electrons. The molecule has 0 unspecified atom stereocenters. The molecule has 0 amide bonds. The van der Waals surface area contributed by atoms with Gasteiger partial charge in [0.25, 0.3) is 0 Å². The lowest BCUT2D eigenvalue weighted by Gasteiger charge is -2.29. The molecule has 0 atom stereocenters. The van der Waals surface area contributed by atoms with Gasteiger partial charge in [-0.15, -0.1) is 0 Å². The highest BCUT2D eigenvalue weighted by Gasteiger charge is 2.24. The molecule has 0 saturated carbocycles. The van der Waals surface area contributed by atoms with Gasteiger partial charge in [0.15, 0.2) is 0 Å². The Morgan fingerprint density at radius 1 is 0.361 bits per heavy atom. The summed E-state index contributed by atoms with van der Waals surface area (Å²) in [7, 11) is 0. The third-order valence-electron chi connectivity index (χ3n) is 12.2. The van der Waals surface area contributed by atoms with Gasteiger partial charge in [0.1, 0.15) is 11.2 Å². The fourth-order valence-corrected chi connectivity index (χ4v) is 9.46. The first kappa shape index (κ1) is 34.9. The van der Waals surface area contributed by atoms with Crippen LogP contribution in [0.2, 0.25) is 0 Å². The van der Waals surface area contributed by atoms with Crippen molar-refractivity contribution in [1.29, 1.82) is 0 Å². The van der Waals surface area contributed by atoms with Gasteiger partial charge in [-0.3, -0.25) is 0 Å². The van der Waals surface area contributed by atoms with Crippen molar-refractivity contribution in [2.24, 2.45) is 0 Å². The second kappa shape index (κ2) is 14.3. The lowest BCUT2D eigenvalue weighted by Crippen LogP contribution is -2.13. The van der Waals surface area contributed by atoms with E-state index in [0.717, 1.165) is 66.9 Å². The lowest BCUT2D eigenvalue weighted by atomic mass is 9.90. The molecule has 12 rings (SSSR count). The van der Waals surface area contributed by atoms with Gasteiger partial charge in [-0.2, -0.15) is 0 Å². The van der Waals surface area contributed by atoms with E-state index in [1.165, 1.54) is 43.8 Å². The summed E-state index contributed by atoms with van der Waals surface area (Å²) in [5.74, 6) is 0. The Hall–Kier alpha value is -8.14. The minimum atomic E-state index is 0.898. The van der Waals surface area contributed by atoms with E-state index in [9.17, 15) is 0 Å². The molecule has 0 aliphatic carbocycles. The molecule has 61 heavy (non-hydrogen) atoms. The van der Waals surface area contributed by atoms with E-state index in [2.05, 4.69) is 228 Å². The summed E-state index contributed by atoms with van der Waals surface area (Å²) in [6.07, 6.45) is 0. The molecule has 0 spiro atoms. The van der Waals surface area contributed by atoms with Crippen LogP contribution in [0, 0.1) is 0 Å². The number of para-hydroxylation sites is 5. The Morgan fingerprint density at radius 2 is 0.967 bits per heavy atom. The number of fused-ring (bicyclic) bond motifs is 7. The van der Waals surface area contributed by atoms with E-state index in [1.807, 2.05) is 12.1 Å². The van der Waals surface area contributed by atoms with E-state index in [-0.39, 0.29) is 0 Å². The van der Waals surface area contributed by atoms with Gasteiger partial charge in [0.2, 0.25) is 0 Å². The zero-order valence-electron chi connectivity index (χ0n) is 33.2. The van der Waals surface area contributed by atoms with Gasteiger partial charge in [0, 0.05) is 38.5 Å². The van der Waals surface area contributed by atoms with Crippen molar-refractivity contribution in [1.82, 2.24) is 4.57 Å². The Balaban J connectivity index is 1.12. The maximum Gasteiger partial charge on any atom is 0.135 e. The summed E-state index contributed by atoms with van der Waals surface area (Å²) in [6, 6.07) is 83.1. The van der Waals surface area contributed by atoms with Gasteiger partial charge < -0.3 is 13.9 Å². The van der Waals surface area contributed by atoms with E-state index in [1.54, 1.807) is 0 Å². The molecule has 0 saturated heterocycles. The summed E-state index contributed by atoms with van der Waals surface area (Å²) in [6.45, 7) is 0. The number of rotatable bonds is 7. The van der Waals surface area contributed by atoms with Crippen molar-refractivity contribution < 1.29 is 4.42 Å². The molecule has 2 heterocycles. The van der Waals surface area contributed by atoms with E-state index >= 15 is 0 Å². The molecule has 12 aromatic rings. The number of benzene rings is 10. The Kier molecular flexibility index (Phi) is 8.17. The third-order valence-corrected chi connectivity index (χ3v) is 12.2. The Labute approximate surface area is 353 Å². The van der Waals surface area contributed by atoms with E-state index < -0.39 is 0 Å². The van der Waals surface area contributed by atoms with Crippen LogP contribution in [-0.4, -0.2) is 4.57 Å². The first-order chi connectivity index (χ1) is 30.3. The molecular weight excluding hydrogens is 741 g/mol. The third kappa shape index (κ3) is 5.74. The minimum Gasteiger partial charge on any atom is -0.456 e. The van der Waals surface area contributed by atoms with Crippen molar-refractivity contribution in [3.05, 3.63) is 231 Å². The van der Waals surface area contributed by atoms with Crippen LogP contribution >= 0.6 is 0 Å². The predicted octanol–water partition coefficient (Wildman–Crippen LogP) is 16.3. The van der Waals surface area contributed by atoms with E-state index in [4.69, 9.17) is 4.42 Å². The van der Waals surface area contributed by atoms with Crippen molar-refractivity contribution in [3.63, 3.8) is 0 Å². The van der Waals surface area contributed by atoms with E-state index in [0.29, 0.717) is 0 Å². The maximum atomic E-state index is 6.19. The van der Waals surface area contributed by atoms with Gasteiger partial charge in [-0.05, 0) is 99.3 Å². The van der Waals surface area contributed by atoms with Crippen molar-refractivity contribution in [2.45, 2.75) is 0 Å². The van der Waals surface area contributed by atoms with Crippen molar-refractivity contribution in [2.75, 3.05) is 4.90 Å². The number of anilines is 3. The van der Waals surface area contributed by atoms with Crippen LogP contribution < -0.4 is 4.90 Å². The largest absolute Gasteiger partial charge is 0.456 e. The van der Waals surface area contributed by atoms with Crippen LogP contribution in [0.25, 0.3) is 93.6 Å². The second-order valence-electron chi connectivity index (χ2n) is 15.6. The van der Waals surface area contributed by atoms with Gasteiger partial charge in [-0.1, -0.05) is 170 Å². The molecule has 3 heteroatoms. The molecule has 286 valence electrons. The van der Waals surface area contributed by atoms with Crippen LogP contribution in [0.1, 0.15) is 0 Å². The van der Waals surface area contributed by atoms with Gasteiger partial charge in [-0.25, -0.2) is 0 Å². The number of aromatic nitrogens is 1. The van der Waals surface area contributed by atoms with Crippen molar-refractivity contribution in [3.8, 4) is 39.1 Å². The summed E-state index contributed by atoms with van der Waals surface area (Å²) in [4.78, 5) is 2.47. The molecule has 0 fully saturated rings. The molecule has 10 aromatic carbocycles. The number of furan rings is 1. The molecular formula is C58H38N2O. The van der Waals surface area contributed by atoms with Gasteiger partial charge >= 0.3 is 0 Å². The van der Waals surface area contributed by atoms with Crippen LogP contribution in [0.15, 0.2) is 235 Å². The minimum absolute atomic E-state index is 0.898. The fraction of sp³-hybridized carbons (Fsp3) is 0. The molecule has 0 bridgehead atoms. The average Bonchev–Trinajstić information content (AvgIpc) is 3.88. The van der Waals surface area contributed by atoms with Crippen LogP contribution in [-0.2, 0) is 0 Å². The van der Waals surface area contributed by atoms with Gasteiger partial charge in [0.05, 0.1) is 22.4 Å². The number of hydrogen-bond donors (Lipinski definition) is 0. The summed E-state index contributed by atoms with van der Waals surface area (Å²) < 4.78 is 8.62. The average molecular weight is 779 g/mol. The highest BCUT2D eigenvalue weighted by Crippen LogP contribution is 2.48. The molecule has 0 aliphatic heterocycles. The smallest absolute Gasteiger partial charge is 0.135 e. The van der Waals surface area contributed by atoms with Crippen molar-refractivity contribution >= 4 is 71.6 Å². The predicted molar refractivity (Wildman–Crippen MR) is 257 cm³/mol. The quantitative estimate of drug-likeness (QED) is 0.161. The Morgan fingerprint density at radius 3 is 1.80 bits per heavy atom. The highest BCUT2D eigenvalue weighted by molar-refractivity contribution is 6.16. The standard InChI is InChI=1S/C58H38N2O/c1-3-16-40(17-4-1)45-25-13-18-41-19-14-26-49(57(41)45)46-22-7-10-28-52(46)59(44-35-32-39(33-36-44)42-34-37-56-51(38-42)48-24-9-12-31-55(48)61-56)54-30-15-27-50-47-23-8-11-29-53(47)60(58(50)54)43-20-5-2-6-21-43/h1-38H. The molecule has 3 nitrogen and oxygen atoms in total. The number of nitrogens with zero attached hydrogens (tertiary/aromatic N) is 2. The summed E-state index contributed by atoms with van der Waals surface area (Å²) in [5, 5.41) is 7.11. The van der Waals surface area contributed by atoms with Crippen LogP contribution in [0.4, 0.5) is 17.1 Å². The highest BCUT2D eigenvalue weighted by atomic mass is 16.3. The zero-order valence-corrected chi connectivity index (χ0v) is 33.2. The van der Waals surface area contributed by atoms with Crippen LogP contribution in [0.5, 0.6) is 0 Å². The first-order valence-corrected chi connectivity index (χ1v) is 20.8. The zero-order chi connectivity index (χ0) is 40.3. The Bertz CT molecular complexity index is 3580. The summed E-state index contributed by atoms with van der Waals surface area (Å²) >= 11 is 0.